The highest BCUT2D eigenvalue weighted by Gasteiger charge is 2.26. The van der Waals surface area contributed by atoms with Gasteiger partial charge in [0, 0.05) is 43.6 Å². The molecule has 5 nitrogen and oxygen atoms in total. The quantitative estimate of drug-likeness (QED) is 0.723. The van der Waals surface area contributed by atoms with E-state index >= 15 is 0 Å². The largest absolute Gasteiger partial charge is 0.354 e. The number of nitrogens with zero attached hydrogens (tertiary/aromatic N) is 3. The van der Waals surface area contributed by atoms with Crippen molar-refractivity contribution in [2.75, 3.05) is 36.4 Å². The van der Waals surface area contributed by atoms with Crippen molar-refractivity contribution in [2.45, 2.75) is 13.0 Å². The molecule has 2 heterocycles. The predicted molar refractivity (Wildman–Crippen MR) is 118 cm³/mol. The number of nitrogens with one attached hydrogen (secondary N) is 1. The van der Waals surface area contributed by atoms with Crippen LogP contribution in [0.1, 0.15) is 6.92 Å². The Morgan fingerprint density at radius 3 is 2.31 bits per heavy atom. The average Bonchev–Trinajstić information content (AvgIpc) is 2.80. The highest BCUT2D eigenvalue weighted by molar-refractivity contribution is 5.98. The zero-order chi connectivity index (χ0) is 20.1. The van der Waals surface area contributed by atoms with Gasteiger partial charge in [-0.1, -0.05) is 54.6 Å². The van der Waals surface area contributed by atoms with Crippen molar-refractivity contribution < 1.29 is 4.79 Å². The van der Waals surface area contributed by atoms with Crippen molar-refractivity contribution in [2.24, 2.45) is 0 Å². The fourth-order valence-electron chi connectivity index (χ4n) is 3.74. The van der Waals surface area contributed by atoms with Crippen LogP contribution in [0.4, 0.5) is 11.5 Å². The van der Waals surface area contributed by atoms with Gasteiger partial charge in [0.15, 0.2) is 0 Å². The highest BCUT2D eigenvalue weighted by atomic mass is 16.2. The van der Waals surface area contributed by atoms with Crippen LogP contribution in [-0.4, -0.2) is 48.0 Å². The van der Waals surface area contributed by atoms with E-state index in [2.05, 4.69) is 32.2 Å². The molecular weight excluding hydrogens is 360 g/mol. The van der Waals surface area contributed by atoms with Gasteiger partial charge in [-0.3, -0.25) is 9.69 Å². The van der Waals surface area contributed by atoms with E-state index in [0.717, 1.165) is 48.8 Å². The second-order valence-corrected chi connectivity index (χ2v) is 7.29. The molecule has 1 fully saturated rings. The first-order valence-corrected chi connectivity index (χ1v) is 10.1. The van der Waals surface area contributed by atoms with Gasteiger partial charge in [-0.05, 0) is 30.7 Å². The van der Waals surface area contributed by atoms with Crippen LogP contribution in [0.5, 0.6) is 0 Å². The maximum atomic E-state index is 13.0. The molecular formula is C24H26N4O. The van der Waals surface area contributed by atoms with Crippen molar-refractivity contribution in [3.05, 3.63) is 79.0 Å². The lowest BCUT2D eigenvalue weighted by molar-refractivity contribution is -0.120. The topological polar surface area (TPSA) is 48.5 Å². The molecule has 0 spiro atoms. The Bertz CT molecular complexity index is 937. The number of carbonyl (C=O) groups is 1. The molecule has 1 atom stereocenters. The Balaban J connectivity index is 1.40. The molecule has 0 bridgehead atoms. The first-order chi connectivity index (χ1) is 14.2. The van der Waals surface area contributed by atoms with Crippen LogP contribution in [-0.2, 0) is 4.79 Å². The van der Waals surface area contributed by atoms with Gasteiger partial charge < -0.3 is 10.2 Å². The molecule has 1 aromatic heterocycles. The Labute approximate surface area is 172 Å². The molecule has 29 heavy (non-hydrogen) atoms. The van der Waals surface area contributed by atoms with Gasteiger partial charge in [0.1, 0.15) is 5.82 Å². The zero-order valence-electron chi connectivity index (χ0n) is 16.7. The molecule has 1 aliphatic rings. The molecule has 1 amide bonds. The molecule has 0 saturated carbocycles. The summed E-state index contributed by atoms with van der Waals surface area (Å²) in [6.45, 7) is 5.40. The monoisotopic (exact) mass is 386 g/mol. The van der Waals surface area contributed by atoms with E-state index in [1.54, 1.807) is 0 Å². The summed E-state index contributed by atoms with van der Waals surface area (Å²) < 4.78 is 0. The molecule has 3 aromatic rings. The van der Waals surface area contributed by atoms with Gasteiger partial charge in [0.05, 0.1) is 6.04 Å². The maximum Gasteiger partial charge on any atom is 0.241 e. The van der Waals surface area contributed by atoms with Crippen LogP contribution in [0.2, 0.25) is 0 Å². The van der Waals surface area contributed by atoms with Gasteiger partial charge >= 0.3 is 0 Å². The lowest BCUT2D eigenvalue weighted by Crippen LogP contribution is -2.53. The number of rotatable bonds is 5. The summed E-state index contributed by atoms with van der Waals surface area (Å²) in [5.74, 6) is 1.03. The molecule has 1 aliphatic heterocycles. The van der Waals surface area contributed by atoms with Gasteiger partial charge in [0.25, 0.3) is 0 Å². The fraction of sp³-hybridized carbons (Fsp3) is 0.250. The maximum absolute atomic E-state index is 13.0. The molecule has 4 rings (SSSR count). The van der Waals surface area contributed by atoms with Gasteiger partial charge in [-0.2, -0.15) is 0 Å². The third kappa shape index (κ3) is 4.46. The third-order valence-electron chi connectivity index (χ3n) is 5.48. The van der Waals surface area contributed by atoms with E-state index < -0.39 is 0 Å². The number of pyridine rings is 1. The van der Waals surface area contributed by atoms with Crippen molar-refractivity contribution in [1.82, 2.24) is 9.88 Å². The number of aromatic nitrogens is 1. The minimum absolute atomic E-state index is 0.0275. The van der Waals surface area contributed by atoms with E-state index in [1.807, 2.05) is 73.8 Å². The Hall–Kier alpha value is -3.18. The fourth-order valence-corrected chi connectivity index (χ4v) is 3.74. The van der Waals surface area contributed by atoms with Crippen LogP contribution in [0.25, 0.3) is 11.1 Å². The zero-order valence-corrected chi connectivity index (χ0v) is 16.7. The number of benzene rings is 2. The number of carbonyl (C=O) groups excluding carboxylic acids is 1. The number of piperazine rings is 1. The highest BCUT2D eigenvalue weighted by Crippen LogP contribution is 2.28. The summed E-state index contributed by atoms with van der Waals surface area (Å²) >= 11 is 0. The van der Waals surface area contributed by atoms with Gasteiger partial charge in [-0.15, -0.1) is 0 Å². The lowest BCUT2D eigenvalue weighted by atomic mass is 10.0. The summed E-state index contributed by atoms with van der Waals surface area (Å²) in [5.41, 5.74) is 2.98. The summed E-state index contributed by atoms with van der Waals surface area (Å²) in [6.07, 6.45) is 1.82. The lowest BCUT2D eigenvalue weighted by Gasteiger charge is -2.38. The van der Waals surface area contributed by atoms with Crippen LogP contribution in [0.15, 0.2) is 79.0 Å². The van der Waals surface area contributed by atoms with E-state index in [-0.39, 0.29) is 11.9 Å². The van der Waals surface area contributed by atoms with E-state index in [0.29, 0.717) is 0 Å². The van der Waals surface area contributed by atoms with Gasteiger partial charge in [-0.25, -0.2) is 4.98 Å². The second-order valence-electron chi connectivity index (χ2n) is 7.29. The van der Waals surface area contributed by atoms with Crippen molar-refractivity contribution in [1.29, 1.82) is 0 Å². The normalized spacial score (nSPS) is 15.7. The summed E-state index contributed by atoms with van der Waals surface area (Å²) in [6, 6.07) is 23.9. The SMILES string of the molecule is CC(C(=O)Nc1ccccc1-c1ccccc1)N1CCN(c2ccccn2)CC1. The minimum atomic E-state index is -0.190. The van der Waals surface area contributed by atoms with Crippen molar-refractivity contribution in [3.63, 3.8) is 0 Å². The van der Waals surface area contributed by atoms with Crippen molar-refractivity contribution >= 4 is 17.4 Å². The summed E-state index contributed by atoms with van der Waals surface area (Å²) in [4.78, 5) is 21.9. The summed E-state index contributed by atoms with van der Waals surface area (Å²) in [7, 11) is 0. The van der Waals surface area contributed by atoms with Crippen molar-refractivity contribution in [3.8, 4) is 11.1 Å². The number of hydrogen-bond donors (Lipinski definition) is 1. The first kappa shape index (κ1) is 19.2. The molecule has 1 N–H and O–H groups in total. The first-order valence-electron chi connectivity index (χ1n) is 10.1. The molecule has 148 valence electrons. The van der Waals surface area contributed by atoms with E-state index in [1.165, 1.54) is 0 Å². The average molecular weight is 386 g/mol. The predicted octanol–water partition coefficient (Wildman–Crippen LogP) is 3.90. The Morgan fingerprint density at radius 2 is 1.59 bits per heavy atom. The summed E-state index contributed by atoms with van der Waals surface area (Å²) in [5, 5.41) is 3.14. The number of para-hydroxylation sites is 1. The van der Waals surface area contributed by atoms with Crippen LogP contribution in [0.3, 0.4) is 0 Å². The molecule has 0 aliphatic carbocycles. The second kappa shape index (κ2) is 8.88. The van der Waals surface area contributed by atoms with Crippen LogP contribution < -0.4 is 10.2 Å². The molecule has 0 radical (unpaired) electrons. The number of amides is 1. The van der Waals surface area contributed by atoms with E-state index in [9.17, 15) is 4.79 Å². The van der Waals surface area contributed by atoms with Crippen LogP contribution in [0, 0.1) is 0 Å². The minimum Gasteiger partial charge on any atom is -0.354 e. The van der Waals surface area contributed by atoms with Gasteiger partial charge in [0.2, 0.25) is 5.91 Å². The smallest absolute Gasteiger partial charge is 0.241 e. The Morgan fingerprint density at radius 1 is 0.897 bits per heavy atom. The van der Waals surface area contributed by atoms with Crippen LogP contribution >= 0.6 is 0 Å². The molecule has 1 unspecified atom stereocenters. The van der Waals surface area contributed by atoms with E-state index in [4.69, 9.17) is 0 Å². The Kier molecular flexibility index (Phi) is 5.86. The molecule has 5 heteroatoms. The number of anilines is 2. The standard InChI is InChI=1S/C24H26N4O/c1-19(27-15-17-28(18-16-27)23-13-7-8-14-25-23)24(29)26-22-12-6-5-11-21(22)20-9-3-2-4-10-20/h2-14,19H,15-18H2,1H3,(H,26,29). The third-order valence-corrected chi connectivity index (χ3v) is 5.48. The molecule has 2 aromatic carbocycles. The number of hydrogen-bond acceptors (Lipinski definition) is 4. The molecule has 1 saturated heterocycles.